The molecule has 10 heavy (non-hydrogen) atoms. The Morgan fingerprint density at radius 1 is 1.70 bits per heavy atom. The van der Waals surface area contributed by atoms with Crippen molar-refractivity contribution in [2.24, 2.45) is 0 Å². The van der Waals surface area contributed by atoms with Crippen LogP contribution in [0.2, 0.25) is 0 Å². The molecule has 1 aliphatic rings. The molecule has 1 aliphatic carbocycles. The standard InChI is InChI=1S/C7H10O3/c8-5-7(10)4-2-1-3-6(7)9/h1,3,8,10H,2,4-5H2/t7-/m1/s1. The first kappa shape index (κ1) is 7.44. The van der Waals surface area contributed by atoms with Crippen LogP contribution in [0.3, 0.4) is 0 Å². The molecule has 2 N–H and O–H groups in total. The van der Waals surface area contributed by atoms with Gasteiger partial charge < -0.3 is 10.2 Å². The number of allylic oxidation sites excluding steroid dienone is 1. The van der Waals surface area contributed by atoms with Crippen molar-refractivity contribution in [1.82, 2.24) is 0 Å². The molecule has 0 fully saturated rings. The second-order valence-corrected chi connectivity index (χ2v) is 2.49. The lowest BCUT2D eigenvalue weighted by Gasteiger charge is -2.24. The molecule has 3 nitrogen and oxygen atoms in total. The van der Waals surface area contributed by atoms with Crippen LogP contribution < -0.4 is 0 Å². The van der Waals surface area contributed by atoms with Gasteiger partial charge in [-0.05, 0) is 18.9 Å². The number of aliphatic hydroxyl groups excluding tert-OH is 1. The molecule has 0 saturated carbocycles. The van der Waals surface area contributed by atoms with E-state index in [1.165, 1.54) is 6.08 Å². The minimum Gasteiger partial charge on any atom is -0.393 e. The van der Waals surface area contributed by atoms with Crippen molar-refractivity contribution in [3.63, 3.8) is 0 Å². The summed E-state index contributed by atoms with van der Waals surface area (Å²) in [6, 6.07) is 0. The van der Waals surface area contributed by atoms with Crippen LogP contribution in [-0.2, 0) is 4.79 Å². The number of ketones is 1. The molecule has 0 heterocycles. The summed E-state index contributed by atoms with van der Waals surface area (Å²) in [6.45, 7) is -0.476. The molecule has 1 atom stereocenters. The van der Waals surface area contributed by atoms with Gasteiger partial charge >= 0.3 is 0 Å². The zero-order valence-electron chi connectivity index (χ0n) is 5.58. The van der Waals surface area contributed by atoms with Crippen LogP contribution in [0.4, 0.5) is 0 Å². The smallest absolute Gasteiger partial charge is 0.189 e. The van der Waals surface area contributed by atoms with E-state index < -0.39 is 12.2 Å². The molecule has 0 aromatic rings. The first-order valence-corrected chi connectivity index (χ1v) is 3.23. The van der Waals surface area contributed by atoms with Gasteiger partial charge in [-0.15, -0.1) is 0 Å². The molecule has 0 bridgehead atoms. The minimum atomic E-state index is -1.49. The second-order valence-electron chi connectivity index (χ2n) is 2.49. The highest BCUT2D eigenvalue weighted by Crippen LogP contribution is 2.18. The van der Waals surface area contributed by atoms with E-state index in [0.717, 1.165) is 0 Å². The number of aliphatic hydroxyl groups is 2. The summed E-state index contributed by atoms with van der Waals surface area (Å²) >= 11 is 0. The van der Waals surface area contributed by atoms with E-state index in [0.29, 0.717) is 12.8 Å². The molecule has 0 spiro atoms. The fraction of sp³-hybridized carbons (Fsp3) is 0.571. The largest absolute Gasteiger partial charge is 0.393 e. The minimum absolute atomic E-state index is 0.332. The number of hydrogen-bond acceptors (Lipinski definition) is 3. The van der Waals surface area contributed by atoms with Gasteiger partial charge in [0.25, 0.3) is 0 Å². The summed E-state index contributed by atoms with van der Waals surface area (Å²) in [5.41, 5.74) is -1.49. The van der Waals surface area contributed by atoms with E-state index in [9.17, 15) is 9.90 Å². The van der Waals surface area contributed by atoms with Gasteiger partial charge in [-0.2, -0.15) is 0 Å². The summed E-state index contributed by atoms with van der Waals surface area (Å²) in [5.74, 6) is -0.388. The zero-order valence-corrected chi connectivity index (χ0v) is 5.58. The maximum atomic E-state index is 10.9. The Balaban J connectivity index is 2.77. The molecule has 0 radical (unpaired) electrons. The second kappa shape index (κ2) is 2.52. The molecule has 56 valence electrons. The SMILES string of the molecule is O=C1C=CCC[C@@]1(O)CO. The van der Waals surface area contributed by atoms with E-state index in [4.69, 9.17) is 5.11 Å². The van der Waals surface area contributed by atoms with Crippen LogP contribution in [0.25, 0.3) is 0 Å². The molecule has 0 aliphatic heterocycles. The highest BCUT2D eigenvalue weighted by molar-refractivity contribution is 5.97. The van der Waals surface area contributed by atoms with Crippen molar-refractivity contribution in [2.45, 2.75) is 18.4 Å². The molecule has 0 saturated heterocycles. The Morgan fingerprint density at radius 3 is 2.80 bits per heavy atom. The number of carbonyl (C=O) groups is 1. The fourth-order valence-electron chi connectivity index (χ4n) is 0.948. The molecule has 0 aromatic carbocycles. The predicted molar refractivity (Wildman–Crippen MR) is 35.4 cm³/mol. The van der Waals surface area contributed by atoms with E-state index >= 15 is 0 Å². The third-order valence-electron chi connectivity index (χ3n) is 1.71. The van der Waals surface area contributed by atoms with E-state index in [1.807, 2.05) is 0 Å². The van der Waals surface area contributed by atoms with Crippen molar-refractivity contribution in [3.05, 3.63) is 12.2 Å². The lowest BCUT2D eigenvalue weighted by atomic mass is 9.89. The fourth-order valence-corrected chi connectivity index (χ4v) is 0.948. The third kappa shape index (κ3) is 1.10. The highest BCUT2D eigenvalue weighted by Gasteiger charge is 2.34. The highest BCUT2D eigenvalue weighted by atomic mass is 16.3. The lowest BCUT2D eigenvalue weighted by molar-refractivity contribution is -0.137. The van der Waals surface area contributed by atoms with Gasteiger partial charge in [0.2, 0.25) is 0 Å². The van der Waals surface area contributed by atoms with Crippen LogP contribution in [0.1, 0.15) is 12.8 Å². The van der Waals surface area contributed by atoms with Crippen molar-refractivity contribution in [2.75, 3.05) is 6.61 Å². The van der Waals surface area contributed by atoms with Gasteiger partial charge in [0, 0.05) is 0 Å². The van der Waals surface area contributed by atoms with Crippen LogP contribution in [-0.4, -0.2) is 28.2 Å². The molecule has 0 unspecified atom stereocenters. The quantitative estimate of drug-likeness (QED) is 0.525. The first-order valence-electron chi connectivity index (χ1n) is 3.23. The average Bonchev–Trinajstić information content (AvgIpc) is 1.96. The summed E-state index contributed by atoms with van der Waals surface area (Å²) < 4.78 is 0. The van der Waals surface area contributed by atoms with Crippen LogP contribution in [0, 0.1) is 0 Å². The molecule has 1 rings (SSSR count). The Kier molecular flexibility index (Phi) is 1.87. The van der Waals surface area contributed by atoms with Crippen molar-refractivity contribution in [1.29, 1.82) is 0 Å². The topological polar surface area (TPSA) is 57.5 Å². The van der Waals surface area contributed by atoms with Crippen molar-refractivity contribution in [3.8, 4) is 0 Å². The lowest BCUT2D eigenvalue weighted by Crippen LogP contribution is -2.42. The van der Waals surface area contributed by atoms with E-state index in [2.05, 4.69) is 0 Å². The van der Waals surface area contributed by atoms with Crippen molar-refractivity contribution < 1.29 is 15.0 Å². The summed E-state index contributed by atoms with van der Waals surface area (Å²) in [7, 11) is 0. The molecule has 0 amide bonds. The van der Waals surface area contributed by atoms with Crippen LogP contribution in [0.15, 0.2) is 12.2 Å². The zero-order chi connectivity index (χ0) is 7.61. The third-order valence-corrected chi connectivity index (χ3v) is 1.71. The summed E-state index contributed by atoms with van der Waals surface area (Å²) in [5, 5.41) is 17.9. The maximum Gasteiger partial charge on any atom is 0.189 e. The predicted octanol–water partition coefficient (Wildman–Crippen LogP) is -0.371. The van der Waals surface area contributed by atoms with Crippen molar-refractivity contribution >= 4 is 5.78 Å². The Labute approximate surface area is 59.0 Å². The van der Waals surface area contributed by atoms with Crippen LogP contribution in [0.5, 0.6) is 0 Å². The van der Waals surface area contributed by atoms with Gasteiger partial charge in [0.15, 0.2) is 5.78 Å². The molecular formula is C7H10O3. The van der Waals surface area contributed by atoms with E-state index in [1.54, 1.807) is 6.08 Å². The average molecular weight is 142 g/mol. The monoisotopic (exact) mass is 142 g/mol. The summed E-state index contributed by atoms with van der Waals surface area (Å²) in [6.07, 6.45) is 4.01. The Bertz CT molecular complexity index is 174. The van der Waals surface area contributed by atoms with Gasteiger partial charge in [0.05, 0.1) is 6.61 Å². The number of rotatable bonds is 1. The Hall–Kier alpha value is -0.670. The van der Waals surface area contributed by atoms with Gasteiger partial charge in [0.1, 0.15) is 5.60 Å². The van der Waals surface area contributed by atoms with Gasteiger partial charge in [-0.25, -0.2) is 0 Å². The normalized spacial score (nSPS) is 32.8. The van der Waals surface area contributed by atoms with Gasteiger partial charge in [-0.1, -0.05) is 6.08 Å². The van der Waals surface area contributed by atoms with Crippen LogP contribution >= 0.6 is 0 Å². The molecule has 3 heteroatoms. The number of carbonyl (C=O) groups excluding carboxylic acids is 1. The maximum absolute atomic E-state index is 10.9. The number of hydrogen-bond donors (Lipinski definition) is 2. The first-order chi connectivity index (χ1) is 4.69. The Morgan fingerprint density at radius 2 is 2.40 bits per heavy atom. The molecule has 0 aromatic heterocycles. The molecular weight excluding hydrogens is 132 g/mol. The van der Waals surface area contributed by atoms with E-state index in [-0.39, 0.29) is 5.78 Å². The van der Waals surface area contributed by atoms with Gasteiger partial charge in [-0.3, -0.25) is 4.79 Å². The summed E-state index contributed by atoms with van der Waals surface area (Å²) in [4.78, 5) is 10.9.